The van der Waals surface area contributed by atoms with E-state index in [-0.39, 0.29) is 52.9 Å². The molecular formula is C24H26ClFN2O7S. The number of nitrogens with zero attached hydrogens (tertiary/aromatic N) is 1. The highest BCUT2D eigenvalue weighted by Crippen LogP contribution is 2.37. The Kier molecular flexibility index (Phi) is 7.89. The Hall–Kier alpha value is -3.05. The number of carbonyl (C=O) groups excluding carboxylic acids is 2. The number of ether oxygens (including phenoxy) is 3. The topological polar surface area (TPSA) is 111 Å². The molecule has 2 heterocycles. The van der Waals surface area contributed by atoms with Crippen molar-refractivity contribution in [2.75, 3.05) is 13.7 Å². The molecule has 0 radical (unpaired) electrons. The van der Waals surface area contributed by atoms with Gasteiger partial charge in [0, 0.05) is 35.5 Å². The third kappa shape index (κ3) is 6.38. The van der Waals surface area contributed by atoms with Gasteiger partial charge in [0.2, 0.25) is 10.0 Å². The first-order chi connectivity index (χ1) is 17.1. The van der Waals surface area contributed by atoms with E-state index in [1.54, 1.807) is 16.9 Å². The van der Waals surface area contributed by atoms with Crippen molar-refractivity contribution in [3.8, 4) is 11.5 Å². The lowest BCUT2D eigenvalue weighted by Crippen LogP contribution is -2.50. The molecule has 4 rings (SSSR count). The minimum atomic E-state index is -4.08. The highest BCUT2D eigenvalue weighted by Gasteiger charge is 2.44. The van der Waals surface area contributed by atoms with Crippen molar-refractivity contribution in [2.24, 2.45) is 0 Å². The van der Waals surface area contributed by atoms with Crippen molar-refractivity contribution in [1.82, 2.24) is 9.62 Å². The number of hydrogen-bond acceptors (Lipinski definition) is 7. The van der Waals surface area contributed by atoms with Crippen LogP contribution in [-0.4, -0.2) is 57.2 Å². The molecule has 3 atom stereocenters. The average molecular weight is 541 g/mol. The maximum atomic E-state index is 13.2. The lowest BCUT2D eigenvalue weighted by Gasteiger charge is -2.38. The lowest BCUT2D eigenvalue weighted by atomic mass is 9.99. The first kappa shape index (κ1) is 26.0. The van der Waals surface area contributed by atoms with Crippen LogP contribution in [-0.2, 0) is 25.3 Å². The Balaban J connectivity index is 1.37. The first-order valence-electron chi connectivity index (χ1n) is 11.4. The molecule has 2 saturated heterocycles. The molecule has 2 bridgehead atoms. The van der Waals surface area contributed by atoms with E-state index in [0.29, 0.717) is 18.6 Å². The van der Waals surface area contributed by atoms with E-state index < -0.39 is 21.9 Å². The van der Waals surface area contributed by atoms with Gasteiger partial charge in [0.25, 0.3) is 5.91 Å². The molecule has 1 N–H and O–H groups in total. The normalized spacial score (nSPS) is 21.1. The molecule has 194 valence electrons. The second kappa shape index (κ2) is 10.9. The average Bonchev–Trinajstić information content (AvgIpc) is 3.09. The highest BCUT2D eigenvalue weighted by molar-refractivity contribution is 7.89. The fourth-order valence-electron chi connectivity index (χ4n) is 4.76. The van der Waals surface area contributed by atoms with Crippen LogP contribution >= 0.6 is 11.6 Å². The minimum Gasteiger partial charge on any atom is -0.490 e. The Morgan fingerprint density at radius 1 is 1.11 bits per heavy atom. The number of methoxy groups -OCH3 is 1. The molecule has 12 heteroatoms. The summed E-state index contributed by atoms with van der Waals surface area (Å²) in [5, 5.41) is 0.276. The number of rotatable bonds is 8. The maximum absolute atomic E-state index is 13.2. The molecule has 9 nitrogen and oxygen atoms in total. The van der Waals surface area contributed by atoms with Crippen LogP contribution in [0.3, 0.4) is 0 Å². The molecule has 0 spiro atoms. The van der Waals surface area contributed by atoms with Crippen molar-refractivity contribution in [1.29, 1.82) is 0 Å². The monoisotopic (exact) mass is 540 g/mol. The zero-order chi connectivity index (χ0) is 25.9. The predicted octanol–water partition coefficient (Wildman–Crippen LogP) is 3.64. The molecule has 2 aromatic rings. The van der Waals surface area contributed by atoms with E-state index in [0.717, 1.165) is 20.0 Å². The summed E-state index contributed by atoms with van der Waals surface area (Å²) in [7, 11) is -3.03. The number of carbonyl (C=O) groups is 2. The third-order valence-electron chi connectivity index (χ3n) is 6.24. The van der Waals surface area contributed by atoms with Crippen molar-refractivity contribution >= 4 is 33.6 Å². The number of hydrogen-bond donors (Lipinski definition) is 1. The van der Waals surface area contributed by atoms with E-state index in [9.17, 15) is 22.4 Å². The number of sulfonamides is 1. The zero-order valence-electron chi connectivity index (χ0n) is 19.5. The molecule has 1 unspecified atom stereocenters. The van der Waals surface area contributed by atoms with Gasteiger partial charge >= 0.3 is 6.09 Å². The van der Waals surface area contributed by atoms with Crippen LogP contribution in [0.2, 0.25) is 5.02 Å². The second-order valence-electron chi connectivity index (χ2n) is 8.74. The molecule has 2 aromatic carbocycles. The van der Waals surface area contributed by atoms with E-state index in [1.807, 2.05) is 4.90 Å². The van der Waals surface area contributed by atoms with Crippen LogP contribution in [0.1, 0.15) is 31.2 Å². The van der Waals surface area contributed by atoms with Gasteiger partial charge in [-0.05, 0) is 55.3 Å². The van der Waals surface area contributed by atoms with E-state index >= 15 is 0 Å². The van der Waals surface area contributed by atoms with Crippen LogP contribution in [0, 0.1) is 5.82 Å². The van der Waals surface area contributed by atoms with Gasteiger partial charge in [0.15, 0.2) is 6.61 Å². The van der Waals surface area contributed by atoms with Crippen molar-refractivity contribution in [3.63, 3.8) is 0 Å². The molecule has 2 amide bonds. The van der Waals surface area contributed by atoms with Crippen LogP contribution in [0.5, 0.6) is 11.5 Å². The second-order valence-corrected chi connectivity index (χ2v) is 10.9. The van der Waals surface area contributed by atoms with Gasteiger partial charge in [-0.1, -0.05) is 11.6 Å². The molecule has 2 aliphatic heterocycles. The Labute approximate surface area is 213 Å². The zero-order valence-corrected chi connectivity index (χ0v) is 21.1. The standard InChI is InChI=1S/C24H26ClFN2O7S/c1-33-24(30)27-36(31,32)14-15-10-16(25)2-9-22(15)34-13-23(29)28-18-5-6-19(28)12-21(11-18)35-20-7-3-17(26)4-8-20/h2-4,7-10,18-19,21H,5-6,11-14H2,1H3,(H,27,30)/t18-,19+,21?. The van der Waals surface area contributed by atoms with Crippen LogP contribution < -0.4 is 14.2 Å². The summed E-state index contributed by atoms with van der Waals surface area (Å²) in [5.74, 6) is -0.368. The summed E-state index contributed by atoms with van der Waals surface area (Å²) < 4.78 is 55.5. The SMILES string of the molecule is COC(=O)NS(=O)(=O)Cc1cc(Cl)ccc1OCC(=O)N1[C@@H]2CC[C@H]1CC(Oc1ccc(F)cc1)C2. The summed E-state index contributed by atoms with van der Waals surface area (Å²) in [5.41, 5.74) is 0.195. The summed E-state index contributed by atoms with van der Waals surface area (Å²) in [6.07, 6.45) is 1.82. The summed E-state index contributed by atoms with van der Waals surface area (Å²) in [6.45, 7) is -0.282. The first-order valence-corrected chi connectivity index (χ1v) is 13.4. The number of nitrogens with one attached hydrogen (secondary N) is 1. The molecule has 2 fully saturated rings. The Morgan fingerprint density at radius 3 is 2.42 bits per heavy atom. The summed E-state index contributed by atoms with van der Waals surface area (Å²) >= 11 is 6.02. The van der Waals surface area contributed by atoms with Gasteiger partial charge in [0.1, 0.15) is 23.4 Å². The fourth-order valence-corrected chi connectivity index (χ4v) is 6.00. The molecule has 0 aromatic heterocycles. The molecule has 0 aliphatic carbocycles. The fraction of sp³-hybridized carbons (Fsp3) is 0.417. The van der Waals surface area contributed by atoms with Gasteiger partial charge in [-0.3, -0.25) is 4.79 Å². The molecular weight excluding hydrogens is 515 g/mol. The van der Waals surface area contributed by atoms with E-state index in [2.05, 4.69) is 4.74 Å². The summed E-state index contributed by atoms with van der Waals surface area (Å²) in [4.78, 5) is 26.2. The van der Waals surface area contributed by atoms with E-state index in [4.69, 9.17) is 21.1 Å². The molecule has 36 heavy (non-hydrogen) atoms. The van der Waals surface area contributed by atoms with E-state index in [1.165, 1.54) is 30.3 Å². The van der Waals surface area contributed by atoms with Crippen molar-refractivity contribution in [3.05, 3.63) is 58.9 Å². The van der Waals surface area contributed by atoms with Crippen LogP contribution in [0.25, 0.3) is 0 Å². The van der Waals surface area contributed by atoms with Gasteiger partial charge in [-0.15, -0.1) is 0 Å². The smallest absolute Gasteiger partial charge is 0.420 e. The van der Waals surface area contributed by atoms with Gasteiger partial charge in [-0.2, -0.15) is 0 Å². The number of amides is 2. The number of fused-ring (bicyclic) bond motifs is 2. The van der Waals surface area contributed by atoms with Crippen LogP contribution in [0.4, 0.5) is 9.18 Å². The van der Waals surface area contributed by atoms with Crippen molar-refractivity contribution in [2.45, 2.75) is 49.6 Å². The predicted molar refractivity (Wildman–Crippen MR) is 129 cm³/mol. The Bertz CT molecular complexity index is 1210. The molecule has 0 saturated carbocycles. The highest BCUT2D eigenvalue weighted by atomic mass is 35.5. The maximum Gasteiger partial charge on any atom is 0.420 e. The number of benzene rings is 2. The largest absolute Gasteiger partial charge is 0.490 e. The van der Waals surface area contributed by atoms with Crippen molar-refractivity contribution < 1.29 is 36.6 Å². The Morgan fingerprint density at radius 2 is 1.78 bits per heavy atom. The van der Waals surface area contributed by atoms with Crippen LogP contribution in [0.15, 0.2) is 42.5 Å². The number of halogens is 2. The summed E-state index contributed by atoms with van der Waals surface area (Å²) in [6, 6.07) is 10.3. The van der Waals surface area contributed by atoms with Gasteiger partial charge in [-0.25, -0.2) is 22.3 Å². The minimum absolute atomic E-state index is 0.000351. The number of piperidine rings is 1. The van der Waals surface area contributed by atoms with Gasteiger partial charge < -0.3 is 19.1 Å². The van der Waals surface area contributed by atoms with Gasteiger partial charge in [0.05, 0.1) is 12.9 Å². The quantitative estimate of drug-likeness (QED) is 0.544. The third-order valence-corrected chi connectivity index (χ3v) is 7.64. The lowest BCUT2D eigenvalue weighted by molar-refractivity contribution is -0.139. The molecule has 2 aliphatic rings.